The molecule has 1 atom stereocenters. The van der Waals surface area contributed by atoms with Gasteiger partial charge in [-0.15, -0.1) is 0 Å². The van der Waals surface area contributed by atoms with Crippen molar-refractivity contribution >= 4 is 11.6 Å². The van der Waals surface area contributed by atoms with Crippen LogP contribution in [0.5, 0.6) is 5.75 Å². The zero-order chi connectivity index (χ0) is 19.9. The van der Waals surface area contributed by atoms with Crippen molar-refractivity contribution in [3.8, 4) is 5.75 Å². The molecule has 8 heteroatoms. The first-order valence-corrected chi connectivity index (χ1v) is 9.07. The number of nitrogens with one attached hydrogen (secondary N) is 1. The van der Waals surface area contributed by atoms with Gasteiger partial charge in [-0.2, -0.15) is 0 Å². The van der Waals surface area contributed by atoms with Gasteiger partial charge in [-0.1, -0.05) is 18.2 Å². The number of nitrogens with zero attached hydrogens (tertiary/aromatic N) is 2. The van der Waals surface area contributed by atoms with E-state index in [-0.39, 0.29) is 23.2 Å². The van der Waals surface area contributed by atoms with Gasteiger partial charge in [-0.05, 0) is 23.8 Å². The zero-order valence-electron chi connectivity index (χ0n) is 15.7. The van der Waals surface area contributed by atoms with Crippen LogP contribution in [0.15, 0.2) is 48.5 Å². The third-order valence-corrected chi connectivity index (χ3v) is 4.76. The van der Waals surface area contributed by atoms with Gasteiger partial charge < -0.3 is 14.8 Å². The SMILES string of the molecule is COc1ccc([C@@H](CNC(=O)c2cccc([N+](=O)[O-])c2)N2CCOCC2)cc1. The van der Waals surface area contributed by atoms with Gasteiger partial charge in [0.1, 0.15) is 5.75 Å². The molecule has 0 unspecified atom stereocenters. The number of ether oxygens (including phenoxy) is 2. The van der Waals surface area contributed by atoms with Crippen LogP contribution in [0.4, 0.5) is 5.69 Å². The lowest BCUT2D eigenvalue weighted by Crippen LogP contribution is -2.43. The third kappa shape index (κ3) is 4.85. The largest absolute Gasteiger partial charge is 0.497 e. The standard InChI is InChI=1S/C20H23N3O5/c1-27-18-7-5-15(6-8-18)19(22-9-11-28-12-10-22)14-21-20(24)16-3-2-4-17(13-16)23(25)26/h2-8,13,19H,9-12,14H2,1H3,(H,21,24)/t19-/m1/s1. The fraction of sp³-hybridized carbons (Fsp3) is 0.350. The Bertz CT molecular complexity index is 819. The second kappa shape index (κ2) is 9.29. The summed E-state index contributed by atoms with van der Waals surface area (Å²) >= 11 is 0. The van der Waals surface area contributed by atoms with Crippen molar-refractivity contribution in [2.75, 3.05) is 40.0 Å². The molecule has 1 aliphatic heterocycles. The number of methoxy groups -OCH3 is 1. The summed E-state index contributed by atoms with van der Waals surface area (Å²) in [6.07, 6.45) is 0. The summed E-state index contributed by atoms with van der Waals surface area (Å²) in [6.45, 7) is 3.21. The molecule has 1 aliphatic rings. The number of benzene rings is 2. The van der Waals surface area contributed by atoms with E-state index >= 15 is 0 Å². The highest BCUT2D eigenvalue weighted by atomic mass is 16.6. The molecule has 2 aromatic rings. The van der Waals surface area contributed by atoms with E-state index in [9.17, 15) is 14.9 Å². The highest BCUT2D eigenvalue weighted by molar-refractivity contribution is 5.94. The molecule has 8 nitrogen and oxygen atoms in total. The fourth-order valence-electron chi connectivity index (χ4n) is 3.23. The summed E-state index contributed by atoms with van der Waals surface area (Å²) in [5.74, 6) is 0.431. The molecule has 0 aliphatic carbocycles. The minimum atomic E-state index is -0.509. The van der Waals surface area contributed by atoms with Crippen molar-refractivity contribution in [1.29, 1.82) is 0 Å². The van der Waals surface area contributed by atoms with E-state index in [1.165, 1.54) is 18.2 Å². The molecule has 0 saturated carbocycles. The second-order valence-electron chi connectivity index (χ2n) is 6.45. The van der Waals surface area contributed by atoms with E-state index in [0.717, 1.165) is 24.4 Å². The average molecular weight is 385 g/mol. The molecular weight excluding hydrogens is 362 g/mol. The minimum absolute atomic E-state index is 0.0301. The van der Waals surface area contributed by atoms with E-state index in [0.29, 0.717) is 19.8 Å². The Balaban J connectivity index is 1.74. The number of carbonyl (C=O) groups excluding carboxylic acids is 1. The molecule has 3 rings (SSSR count). The molecule has 0 spiro atoms. The van der Waals surface area contributed by atoms with Gasteiger partial charge in [-0.25, -0.2) is 0 Å². The summed E-state index contributed by atoms with van der Waals surface area (Å²) in [5.41, 5.74) is 1.22. The first kappa shape index (κ1) is 19.8. The van der Waals surface area contributed by atoms with Crippen LogP contribution in [0.2, 0.25) is 0 Å². The van der Waals surface area contributed by atoms with E-state index in [4.69, 9.17) is 9.47 Å². The van der Waals surface area contributed by atoms with Crippen LogP contribution in [-0.2, 0) is 4.74 Å². The van der Waals surface area contributed by atoms with Gasteiger partial charge in [0, 0.05) is 37.3 Å². The van der Waals surface area contributed by atoms with Crippen molar-refractivity contribution in [3.05, 3.63) is 69.8 Å². The van der Waals surface area contributed by atoms with E-state index in [1.54, 1.807) is 13.2 Å². The Morgan fingerprint density at radius 3 is 2.61 bits per heavy atom. The first-order chi connectivity index (χ1) is 13.6. The average Bonchev–Trinajstić information content (AvgIpc) is 2.75. The summed E-state index contributed by atoms with van der Waals surface area (Å²) in [6, 6.07) is 13.5. The molecule has 1 amide bonds. The number of hydrogen-bond donors (Lipinski definition) is 1. The molecule has 1 N–H and O–H groups in total. The highest BCUT2D eigenvalue weighted by Gasteiger charge is 2.23. The Hall–Kier alpha value is -2.97. The van der Waals surface area contributed by atoms with Crippen molar-refractivity contribution in [2.45, 2.75) is 6.04 Å². The van der Waals surface area contributed by atoms with Crippen molar-refractivity contribution in [1.82, 2.24) is 10.2 Å². The zero-order valence-corrected chi connectivity index (χ0v) is 15.7. The maximum Gasteiger partial charge on any atom is 0.270 e. The van der Waals surface area contributed by atoms with Crippen molar-refractivity contribution < 1.29 is 19.2 Å². The number of morpholine rings is 1. The van der Waals surface area contributed by atoms with Crippen molar-refractivity contribution in [2.24, 2.45) is 0 Å². The molecule has 28 heavy (non-hydrogen) atoms. The Morgan fingerprint density at radius 1 is 1.25 bits per heavy atom. The molecule has 148 valence electrons. The molecule has 0 aromatic heterocycles. The van der Waals surface area contributed by atoms with Gasteiger partial charge in [-0.3, -0.25) is 19.8 Å². The maximum absolute atomic E-state index is 12.5. The number of carbonyl (C=O) groups is 1. The van der Waals surface area contributed by atoms with Crippen LogP contribution in [0.25, 0.3) is 0 Å². The van der Waals surface area contributed by atoms with Crippen LogP contribution >= 0.6 is 0 Å². The molecule has 1 fully saturated rings. The van der Waals surface area contributed by atoms with Gasteiger partial charge >= 0.3 is 0 Å². The number of rotatable bonds is 7. The predicted molar refractivity (Wildman–Crippen MR) is 104 cm³/mol. The third-order valence-electron chi connectivity index (χ3n) is 4.76. The quantitative estimate of drug-likeness (QED) is 0.581. The Kier molecular flexibility index (Phi) is 6.57. The van der Waals surface area contributed by atoms with Gasteiger partial charge in [0.2, 0.25) is 0 Å². The van der Waals surface area contributed by atoms with Gasteiger partial charge in [0.15, 0.2) is 0 Å². The van der Waals surface area contributed by atoms with Crippen LogP contribution in [0.1, 0.15) is 22.0 Å². The predicted octanol–water partition coefficient (Wildman–Crippen LogP) is 2.41. The molecular formula is C20H23N3O5. The molecule has 0 bridgehead atoms. The molecule has 0 radical (unpaired) electrons. The Labute approximate surface area is 163 Å². The Morgan fingerprint density at radius 2 is 1.96 bits per heavy atom. The van der Waals surface area contributed by atoms with E-state index in [1.807, 2.05) is 24.3 Å². The first-order valence-electron chi connectivity index (χ1n) is 9.07. The molecule has 1 heterocycles. The lowest BCUT2D eigenvalue weighted by molar-refractivity contribution is -0.384. The summed E-state index contributed by atoms with van der Waals surface area (Å²) in [5, 5.41) is 13.8. The number of amides is 1. The maximum atomic E-state index is 12.5. The van der Waals surface area contributed by atoms with Crippen LogP contribution < -0.4 is 10.1 Å². The van der Waals surface area contributed by atoms with Gasteiger partial charge in [0.05, 0.1) is 31.3 Å². The van der Waals surface area contributed by atoms with Crippen molar-refractivity contribution in [3.63, 3.8) is 0 Å². The number of nitro groups is 1. The lowest BCUT2D eigenvalue weighted by Gasteiger charge is -2.35. The molecule has 1 saturated heterocycles. The van der Waals surface area contributed by atoms with Gasteiger partial charge in [0.25, 0.3) is 11.6 Å². The van der Waals surface area contributed by atoms with E-state index < -0.39 is 4.92 Å². The molecule has 2 aromatic carbocycles. The minimum Gasteiger partial charge on any atom is -0.497 e. The van der Waals surface area contributed by atoms with Crippen LogP contribution in [0, 0.1) is 10.1 Å². The normalized spacial score (nSPS) is 15.6. The summed E-state index contributed by atoms with van der Waals surface area (Å²) in [4.78, 5) is 25.2. The topological polar surface area (TPSA) is 93.9 Å². The number of hydrogen-bond acceptors (Lipinski definition) is 6. The van der Waals surface area contributed by atoms with Crippen LogP contribution in [0.3, 0.4) is 0 Å². The summed E-state index contributed by atoms with van der Waals surface area (Å²) in [7, 11) is 1.62. The van der Waals surface area contributed by atoms with E-state index in [2.05, 4.69) is 10.2 Å². The van der Waals surface area contributed by atoms with Crippen LogP contribution in [-0.4, -0.2) is 55.7 Å². The summed E-state index contributed by atoms with van der Waals surface area (Å²) < 4.78 is 10.7. The number of non-ortho nitro benzene ring substituents is 1. The fourth-order valence-corrected chi connectivity index (χ4v) is 3.23. The number of nitro benzene ring substituents is 1. The second-order valence-corrected chi connectivity index (χ2v) is 6.45. The monoisotopic (exact) mass is 385 g/mol. The lowest BCUT2D eigenvalue weighted by atomic mass is 10.0. The highest BCUT2D eigenvalue weighted by Crippen LogP contribution is 2.24. The smallest absolute Gasteiger partial charge is 0.270 e.